The molecule has 0 radical (unpaired) electrons. The standard InChI is InChI=1S/C12H14N2OS/c1-15-11-4-7-16-12(11)10(13)8-9-2-5-14-6-3-9/h2-7,10H,8,13H2,1H3. The topological polar surface area (TPSA) is 48.1 Å². The Bertz CT molecular complexity index is 441. The van der Waals surface area contributed by atoms with Crippen molar-refractivity contribution in [3.63, 3.8) is 0 Å². The number of methoxy groups -OCH3 is 1. The van der Waals surface area contributed by atoms with E-state index in [0.29, 0.717) is 0 Å². The summed E-state index contributed by atoms with van der Waals surface area (Å²) >= 11 is 1.64. The molecule has 3 nitrogen and oxygen atoms in total. The van der Waals surface area contributed by atoms with Crippen molar-refractivity contribution in [2.45, 2.75) is 12.5 Å². The zero-order valence-electron chi connectivity index (χ0n) is 9.09. The Morgan fingerprint density at radius 1 is 1.38 bits per heavy atom. The first-order valence-corrected chi connectivity index (χ1v) is 5.95. The zero-order chi connectivity index (χ0) is 11.4. The van der Waals surface area contributed by atoms with Crippen molar-refractivity contribution in [2.75, 3.05) is 7.11 Å². The minimum atomic E-state index is -0.0163. The lowest BCUT2D eigenvalue weighted by Crippen LogP contribution is -2.12. The van der Waals surface area contributed by atoms with Gasteiger partial charge in [-0.25, -0.2) is 0 Å². The van der Waals surface area contributed by atoms with E-state index in [0.717, 1.165) is 17.0 Å². The summed E-state index contributed by atoms with van der Waals surface area (Å²) in [6.45, 7) is 0. The Kier molecular flexibility index (Phi) is 3.54. The van der Waals surface area contributed by atoms with E-state index >= 15 is 0 Å². The van der Waals surface area contributed by atoms with Gasteiger partial charge in [0.2, 0.25) is 0 Å². The van der Waals surface area contributed by atoms with E-state index in [1.807, 2.05) is 23.6 Å². The molecule has 2 N–H and O–H groups in total. The maximum Gasteiger partial charge on any atom is 0.134 e. The lowest BCUT2D eigenvalue weighted by Gasteiger charge is -2.11. The van der Waals surface area contributed by atoms with Crippen LogP contribution in [0.15, 0.2) is 36.0 Å². The number of aromatic nitrogens is 1. The number of ether oxygens (including phenoxy) is 1. The van der Waals surface area contributed by atoms with Gasteiger partial charge in [-0.15, -0.1) is 11.3 Å². The van der Waals surface area contributed by atoms with Crippen molar-refractivity contribution < 1.29 is 4.74 Å². The molecule has 2 aromatic heterocycles. The molecule has 2 aromatic rings. The largest absolute Gasteiger partial charge is 0.496 e. The number of rotatable bonds is 4. The molecule has 0 saturated heterocycles. The van der Waals surface area contributed by atoms with Crippen LogP contribution in [0.2, 0.25) is 0 Å². The molecule has 1 atom stereocenters. The molecule has 0 spiro atoms. The van der Waals surface area contributed by atoms with Crippen LogP contribution in [0.1, 0.15) is 16.5 Å². The maximum atomic E-state index is 6.16. The average molecular weight is 234 g/mol. The smallest absolute Gasteiger partial charge is 0.134 e. The lowest BCUT2D eigenvalue weighted by molar-refractivity contribution is 0.409. The molecule has 0 bridgehead atoms. The van der Waals surface area contributed by atoms with Gasteiger partial charge in [0, 0.05) is 18.4 Å². The first kappa shape index (κ1) is 11.1. The Labute approximate surface area is 98.9 Å². The van der Waals surface area contributed by atoms with E-state index in [1.54, 1.807) is 30.8 Å². The fourth-order valence-corrected chi connectivity index (χ4v) is 2.48. The van der Waals surface area contributed by atoms with Crippen LogP contribution in [0.3, 0.4) is 0 Å². The second-order valence-electron chi connectivity index (χ2n) is 3.52. The van der Waals surface area contributed by atoms with E-state index in [4.69, 9.17) is 10.5 Å². The fourth-order valence-electron chi connectivity index (χ4n) is 1.61. The summed E-state index contributed by atoms with van der Waals surface area (Å²) in [5, 5.41) is 2.00. The SMILES string of the molecule is COc1ccsc1C(N)Cc1ccncc1. The highest BCUT2D eigenvalue weighted by Gasteiger charge is 2.13. The Balaban J connectivity index is 2.11. The van der Waals surface area contributed by atoms with Gasteiger partial charge in [0.15, 0.2) is 0 Å². The molecule has 0 amide bonds. The van der Waals surface area contributed by atoms with Crippen molar-refractivity contribution in [2.24, 2.45) is 5.73 Å². The highest BCUT2D eigenvalue weighted by atomic mass is 32.1. The summed E-state index contributed by atoms with van der Waals surface area (Å²) in [5.74, 6) is 0.881. The number of nitrogens with two attached hydrogens (primary N) is 1. The predicted molar refractivity (Wildman–Crippen MR) is 65.7 cm³/mol. The molecule has 0 saturated carbocycles. The normalized spacial score (nSPS) is 12.4. The van der Waals surface area contributed by atoms with E-state index in [1.165, 1.54) is 5.56 Å². The van der Waals surface area contributed by atoms with Crippen molar-refractivity contribution in [3.05, 3.63) is 46.4 Å². The molecule has 16 heavy (non-hydrogen) atoms. The second-order valence-corrected chi connectivity index (χ2v) is 4.47. The van der Waals surface area contributed by atoms with Crippen LogP contribution < -0.4 is 10.5 Å². The van der Waals surface area contributed by atoms with Crippen molar-refractivity contribution >= 4 is 11.3 Å². The first-order chi connectivity index (χ1) is 7.81. The van der Waals surface area contributed by atoms with Gasteiger partial charge in [0.1, 0.15) is 5.75 Å². The molecule has 2 heterocycles. The van der Waals surface area contributed by atoms with Crippen molar-refractivity contribution in [3.8, 4) is 5.75 Å². The molecule has 2 rings (SSSR count). The summed E-state index contributed by atoms with van der Waals surface area (Å²) in [6.07, 6.45) is 4.38. The summed E-state index contributed by atoms with van der Waals surface area (Å²) in [6, 6.07) is 5.91. The molecule has 1 unspecified atom stereocenters. The fraction of sp³-hybridized carbons (Fsp3) is 0.250. The molecule has 0 aliphatic rings. The third-order valence-corrected chi connectivity index (χ3v) is 3.45. The monoisotopic (exact) mass is 234 g/mol. The van der Waals surface area contributed by atoms with Crippen LogP contribution in [-0.4, -0.2) is 12.1 Å². The van der Waals surface area contributed by atoms with Gasteiger partial charge in [0.25, 0.3) is 0 Å². The number of hydrogen-bond donors (Lipinski definition) is 1. The van der Waals surface area contributed by atoms with E-state index in [9.17, 15) is 0 Å². The molecule has 0 aromatic carbocycles. The van der Waals surface area contributed by atoms with Gasteiger partial charge in [-0.3, -0.25) is 4.98 Å². The predicted octanol–water partition coefficient (Wildman–Crippen LogP) is 2.39. The molecule has 0 fully saturated rings. The van der Waals surface area contributed by atoms with Crippen molar-refractivity contribution in [1.29, 1.82) is 0 Å². The third-order valence-electron chi connectivity index (χ3n) is 2.42. The van der Waals surface area contributed by atoms with Gasteiger partial charge in [0.05, 0.1) is 12.0 Å². The van der Waals surface area contributed by atoms with Crippen LogP contribution in [-0.2, 0) is 6.42 Å². The van der Waals surface area contributed by atoms with Crippen LogP contribution in [0.4, 0.5) is 0 Å². The minimum absolute atomic E-state index is 0.0163. The summed E-state index contributed by atoms with van der Waals surface area (Å²) < 4.78 is 5.26. The minimum Gasteiger partial charge on any atom is -0.496 e. The van der Waals surface area contributed by atoms with Gasteiger partial charge in [-0.05, 0) is 35.6 Å². The molecule has 4 heteroatoms. The van der Waals surface area contributed by atoms with Crippen LogP contribution >= 0.6 is 11.3 Å². The van der Waals surface area contributed by atoms with Gasteiger partial charge < -0.3 is 10.5 Å². The maximum absolute atomic E-state index is 6.16. The Morgan fingerprint density at radius 3 is 2.81 bits per heavy atom. The average Bonchev–Trinajstić information content (AvgIpc) is 2.78. The number of pyridine rings is 1. The van der Waals surface area contributed by atoms with Crippen LogP contribution in [0, 0.1) is 0 Å². The summed E-state index contributed by atoms with van der Waals surface area (Å²) in [4.78, 5) is 5.08. The molecular weight excluding hydrogens is 220 g/mol. The third kappa shape index (κ3) is 2.40. The quantitative estimate of drug-likeness (QED) is 0.883. The van der Waals surface area contributed by atoms with Crippen molar-refractivity contribution in [1.82, 2.24) is 4.98 Å². The number of thiophene rings is 1. The number of hydrogen-bond acceptors (Lipinski definition) is 4. The highest BCUT2D eigenvalue weighted by Crippen LogP contribution is 2.31. The van der Waals surface area contributed by atoms with Gasteiger partial charge in [-0.1, -0.05) is 0 Å². The zero-order valence-corrected chi connectivity index (χ0v) is 9.91. The first-order valence-electron chi connectivity index (χ1n) is 5.07. The molecular formula is C12H14N2OS. The van der Waals surface area contributed by atoms with E-state index in [2.05, 4.69) is 4.98 Å². The van der Waals surface area contributed by atoms with E-state index in [-0.39, 0.29) is 6.04 Å². The lowest BCUT2D eigenvalue weighted by atomic mass is 10.1. The van der Waals surface area contributed by atoms with Gasteiger partial charge >= 0.3 is 0 Å². The molecule has 84 valence electrons. The van der Waals surface area contributed by atoms with Crippen LogP contribution in [0.25, 0.3) is 0 Å². The second kappa shape index (κ2) is 5.09. The summed E-state index contributed by atoms with van der Waals surface area (Å²) in [7, 11) is 1.67. The summed E-state index contributed by atoms with van der Waals surface area (Å²) in [5.41, 5.74) is 7.35. The van der Waals surface area contributed by atoms with E-state index < -0.39 is 0 Å². The molecule has 0 aliphatic heterocycles. The van der Waals surface area contributed by atoms with Crippen LogP contribution in [0.5, 0.6) is 5.75 Å². The number of nitrogens with zero attached hydrogens (tertiary/aromatic N) is 1. The van der Waals surface area contributed by atoms with Gasteiger partial charge in [-0.2, -0.15) is 0 Å². The Hall–Kier alpha value is -1.39. The highest BCUT2D eigenvalue weighted by molar-refractivity contribution is 7.10. The Morgan fingerprint density at radius 2 is 2.12 bits per heavy atom. The molecule has 0 aliphatic carbocycles.